The molecule has 0 spiro atoms. The van der Waals surface area contributed by atoms with Gasteiger partial charge in [0.15, 0.2) is 0 Å². The lowest BCUT2D eigenvalue weighted by Gasteiger charge is -2.09. The second-order valence-corrected chi connectivity index (χ2v) is 4.08. The predicted molar refractivity (Wildman–Crippen MR) is 72.3 cm³/mol. The first-order chi connectivity index (χ1) is 8.97. The number of anilines is 3. The van der Waals surface area contributed by atoms with E-state index in [1.807, 2.05) is 0 Å². The van der Waals surface area contributed by atoms with Crippen LogP contribution in [0, 0.1) is 24.0 Å². The molecule has 1 aromatic carbocycles. The van der Waals surface area contributed by atoms with E-state index in [4.69, 9.17) is 5.73 Å². The summed E-state index contributed by atoms with van der Waals surface area (Å²) in [6, 6.07) is 6.54. The van der Waals surface area contributed by atoms with E-state index in [9.17, 15) is 10.1 Å². The molecule has 0 atom stereocenters. The number of nitro benzene ring substituents is 1. The Labute approximate surface area is 109 Å². The zero-order chi connectivity index (χ0) is 14.0. The number of hydrogen-bond acceptors (Lipinski definition) is 6. The van der Waals surface area contributed by atoms with Gasteiger partial charge in [0.1, 0.15) is 5.82 Å². The number of aryl methyl sites for hydroxylation is 1. The van der Waals surface area contributed by atoms with Gasteiger partial charge in [0.2, 0.25) is 5.95 Å². The third-order valence-electron chi connectivity index (χ3n) is 2.64. The Morgan fingerprint density at radius 1 is 1.32 bits per heavy atom. The number of benzene rings is 1. The Morgan fingerprint density at radius 3 is 2.68 bits per heavy atom. The molecule has 2 rings (SSSR count). The average molecular weight is 259 g/mol. The largest absolute Gasteiger partial charge is 0.368 e. The minimum Gasteiger partial charge on any atom is -0.368 e. The van der Waals surface area contributed by atoms with Crippen molar-refractivity contribution in [3.05, 3.63) is 45.6 Å². The monoisotopic (exact) mass is 259 g/mol. The van der Waals surface area contributed by atoms with E-state index in [1.165, 1.54) is 6.07 Å². The molecule has 7 heteroatoms. The van der Waals surface area contributed by atoms with Crippen LogP contribution >= 0.6 is 0 Å². The van der Waals surface area contributed by atoms with E-state index in [-0.39, 0.29) is 11.6 Å². The Balaban J connectivity index is 2.38. The Hall–Kier alpha value is -2.70. The van der Waals surface area contributed by atoms with Crippen LogP contribution in [0.3, 0.4) is 0 Å². The third-order valence-corrected chi connectivity index (χ3v) is 2.64. The zero-order valence-electron chi connectivity index (χ0n) is 10.5. The van der Waals surface area contributed by atoms with Gasteiger partial charge in [-0.15, -0.1) is 0 Å². The number of nitrogens with zero attached hydrogens (tertiary/aromatic N) is 3. The number of nitrogens with one attached hydrogen (secondary N) is 1. The Kier molecular flexibility index (Phi) is 3.28. The van der Waals surface area contributed by atoms with Crippen LogP contribution in [0.5, 0.6) is 0 Å². The SMILES string of the molecule is Cc1cc(Nc2cccc([N+](=O)[O-])c2C)nc(N)n1. The van der Waals surface area contributed by atoms with Crippen molar-refractivity contribution in [2.45, 2.75) is 13.8 Å². The van der Waals surface area contributed by atoms with E-state index in [0.717, 1.165) is 5.69 Å². The zero-order valence-corrected chi connectivity index (χ0v) is 10.5. The highest BCUT2D eigenvalue weighted by atomic mass is 16.6. The number of nitrogen functional groups attached to an aromatic ring is 1. The number of rotatable bonds is 3. The van der Waals surface area contributed by atoms with Crippen LogP contribution < -0.4 is 11.1 Å². The summed E-state index contributed by atoms with van der Waals surface area (Å²) in [4.78, 5) is 18.4. The second-order valence-electron chi connectivity index (χ2n) is 4.08. The first-order valence-corrected chi connectivity index (χ1v) is 5.59. The van der Waals surface area contributed by atoms with Gasteiger partial charge < -0.3 is 11.1 Å². The molecule has 0 aliphatic rings. The summed E-state index contributed by atoms with van der Waals surface area (Å²) in [7, 11) is 0. The predicted octanol–water partition coefficient (Wildman–Crippen LogP) is 2.33. The van der Waals surface area contributed by atoms with E-state index in [2.05, 4.69) is 15.3 Å². The van der Waals surface area contributed by atoms with Gasteiger partial charge in [-0.2, -0.15) is 4.98 Å². The van der Waals surface area contributed by atoms with Crippen LogP contribution in [-0.2, 0) is 0 Å². The number of nitrogens with two attached hydrogens (primary N) is 1. The molecule has 0 unspecified atom stereocenters. The van der Waals surface area contributed by atoms with Crippen molar-refractivity contribution in [1.82, 2.24) is 9.97 Å². The van der Waals surface area contributed by atoms with Crippen molar-refractivity contribution in [2.75, 3.05) is 11.1 Å². The Morgan fingerprint density at radius 2 is 2.05 bits per heavy atom. The van der Waals surface area contributed by atoms with Crippen molar-refractivity contribution in [3.63, 3.8) is 0 Å². The first kappa shape index (κ1) is 12.7. The molecule has 0 fully saturated rings. The van der Waals surface area contributed by atoms with Crippen LogP contribution in [-0.4, -0.2) is 14.9 Å². The molecule has 0 radical (unpaired) electrons. The molecular formula is C12H13N5O2. The highest BCUT2D eigenvalue weighted by Crippen LogP contribution is 2.27. The summed E-state index contributed by atoms with van der Waals surface area (Å²) in [5.41, 5.74) is 7.50. The maximum Gasteiger partial charge on any atom is 0.274 e. The summed E-state index contributed by atoms with van der Waals surface area (Å²) in [6.07, 6.45) is 0. The molecule has 7 nitrogen and oxygen atoms in total. The summed E-state index contributed by atoms with van der Waals surface area (Å²) in [6.45, 7) is 3.47. The number of hydrogen-bond donors (Lipinski definition) is 2. The molecule has 19 heavy (non-hydrogen) atoms. The fourth-order valence-corrected chi connectivity index (χ4v) is 1.75. The van der Waals surface area contributed by atoms with Crippen molar-refractivity contribution >= 4 is 23.1 Å². The summed E-state index contributed by atoms with van der Waals surface area (Å²) < 4.78 is 0. The van der Waals surface area contributed by atoms with Gasteiger partial charge in [-0.25, -0.2) is 4.98 Å². The normalized spacial score (nSPS) is 10.2. The molecule has 2 aromatic rings. The summed E-state index contributed by atoms with van der Waals surface area (Å²) in [5.74, 6) is 0.666. The van der Waals surface area contributed by atoms with Gasteiger partial charge in [-0.05, 0) is 19.9 Å². The molecule has 98 valence electrons. The fraction of sp³-hybridized carbons (Fsp3) is 0.167. The lowest BCUT2D eigenvalue weighted by molar-refractivity contribution is -0.385. The van der Waals surface area contributed by atoms with Crippen molar-refractivity contribution in [1.29, 1.82) is 0 Å². The van der Waals surface area contributed by atoms with Crippen molar-refractivity contribution in [3.8, 4) is 0 Å². The fourth-order valence-electron chi connectivity index (χ4n) is 1.75. The lowest BCUT2D eigenvalue weighted by Crippen LogP contribution is -2.03. The second kappa shape index (κ2) is 4.89. The maximum absolute atomic E-state index is 10.9. The standard InChI is InChI=1S/C12H13N5O2/c1-7-6-11(16-12(13)14-7)15-9-4-3-5-10(8(9)2)17(18)19/h3-6H,1-2H3,(H3,13,14,15,16). The molecule has 0 saturated carbocycles. The van der Waals surface area contributed by atoms with Crippen LogP contribution in [0.25, 0.3) is 0 Å². The van der Waals surface area contributed by atoms with Crippen LogP contribution in [0.2, 0.25) is 0 Å². The average Bonchev–Trinajstić information content (AvgIpc) is 2.30. The smallest absolute Gasteiger partial charge is 0.274 e. The minimum absolute atomic E-state index is 0.0590. The van der Waals surface area contributed by atoms with Crippen LogP contribution in [0.1, 0.15) is 11.3 Å². The summed E-state index contributed by atoms with van der Waals surface area (Å²) in [5, 5.41) is 13.9. The van der Waals surface area contributed by atoms with Crippen molar-refractivity contribution < 1.29 is 4.92 Å². The topological polar surface area (TPSA) is 107 Å². The van der Waals surface area contributed by atoms with Gasteiger partial charge in [-0.1, -0.05) is 6.07 Å². The van der Waals surface area contributed by atoms with Crippen LogP contribution in [0.4, 0.5) is 23.1 Å². The van der Waals surface area contributed by atoms with Gasteiger partial charge in [0.25, 0.3) is 5.69 Å². The van der Waals surface area contributed by atoms with E-state index in [0.29, 0.717) is 17.1 Å². The third kappa shape index (κ3) is 2.76. The molecule has 0 aliphatic heterocycles. The summed E-state index contributed by atoms with van der Waals surface area (Å²) >= 11 is 0. The van der Waals surface area contributed by atoms with Gasteiger partial charge in [0, 0.05) is 23.5 Å². The number of nitro groups is 1. The molecule has 3 N–H and O–H groups in total. The van der Waals surface area contributed by atoms with Gasteiger partial charge >= 0.3 is 0 Å². The molecular weight excluding hydrogens is 246 g/mol. The minimum atomic E-state index is -0.417. The van der Waals surface area contributed by atoms with Gasteiger partial charge in [-0.3, -0.25) is 10.1 Å². The maximum atomic E-state index is 10.9. The van der Waals surface area contributed by atoms with Gasteiger partial charge in [0.05, 0.1) is 10.5 Å². The van der Waals surface area contributed by atoms with Crippen molar-refractivity contribution in [2.24, 2.45) is 0 Å². The molecule has 1 heterocycles. The molecule has 0 aliphatic carbocycles. The van der Waals surface area contributed by atoms with E-state index >= 15 is 0 Å². The van der Waals surface area contributed by atoms with E-state index in [1.54, 1.807) is 32.0 Å². The number of aromatic nitrogens is 2. The Bertz CT molecular complexity index is 622. The van der Waals surface area contributed by atoms with Crippen LogP contribution in [0.15, 0.2) is 24.3 Å². The highest BCUT2D eigenvalue weighted by molar-refractivity contribution is 5.66. The molecule has 1 aromatic heterocycles. The molecule has 0 bridgehead atoms. The van der Waals surface area contributed by atoms with E-state index < -0.39 is 4.92 Å². The molecule has 0 amide bonds. The molecule has 0 saturated heterocycles. The first-order valence-electron chi connectivity index (χ1n) is 5.59. The quantitative estimate of drug-likeness (QED) is 0.647. The lowest BCUT2D eigenvalue weighted by atomic mass is 10.1. The highest BCUT2D eigenvalue weighted by Gasteiger charge is 2.13.